The number of rotatable bonds is 3. The Labute approximate surface area is 85.4 Å². The lowest BCUT2D eigenvalue weighted by atomic mass is 10.2. The summed E-state index contributed by atoms with van der Waals surface area (Å²) in [5.74, 6) is 0.704. The third-order valence-corrected chi connectivity index (χ3v) is 2.70. The van der Waals surface area contributed by atoms with Crippen LogP contribution in [0.5, 0.6) is 0 Å². The lowest BCUT2D eigenvalue weighted by Crippen LogP contribution is -2.15. The van der Waals surface area contributed by atoms with Gasteiger partial charge in [0.25, 0.3) is 0 Å². The topological polar surface area (TPSA) is 80.5 Å². The summed E-state index contributed by atoms with van der Waals surface area (Å²) in [5, 5.41) is 9.59. The Morgan fingerprint density at radius 2 is 2.50 bits per heavy atom. The fraction of sp³-hybridized carbons (Fsp3) is 0.375. The quantitative estimate of drug-likeness (QED) is 0.784. The molecular weight excluding hydrogens is 198 g/mol. The van der Waals surface area contributed by atoms with Gasteiger partial charge in [-0.3, -0.25) is 5.10 Å². The molecule has 0 aliphatic carbocycles. The average molecular weight is 209 g/mol. The number of thiazole rings is 1. The van der Waals surface area contributed by atoms with E-state index in [1.807, 2.05) is 12.3 Å². The number of nitrogens with zero attached hydrogens (tertiary/aromatic N) is 3. The molecule has 0 aromatic carbocycles. The molecule has 74 valence electrons. The lowest BCUT2D eigenvalue weighted by molar-refractivity contribution is 0.661. The first-order valence-electron chi connectivity index (χ1n) is 4.27. The van der Waals surface area contributed by atoms with E-state index >= 15 is 0 Å². The number of H-pyrrole nitrogens is 1. The van der Waals surface area contributed by atoms with E-state index in [1.165, 1.54) is 6.33 Å². The van der Waals surface area contributed by atoms with Crippen LogP contribution in [0.3, 0.4) is 0 Å². The summed E-state index contributed by atoms with van der Waals surface area (Å²) in [4.78, 5) is 8.34. The molecule has 0 bridgehead atoms. The van der Waals surface area contributed by atoms with Crippen LogP contribution in [-0.4, -0.2) is 20.2 Å². The third-order valence-electron chi connectivity index (χ3n) is 1.88. The second-order valence-corrected chi connectivity index (χ2v) is 4.10. The van der Waals surface area contributed by atoms with E-state index in [0.717, 1.165) is 10.7 Å². The van der Waals surface area contributed by atoms with E-state index in [0.29, 0.717) is 12.2 Å². The molecule has 14 heavy (non-hydrogen) atoms. The highest BCUT2D eigenvalue weighted by molar-refractivity contribution is 7.09. The van der Waals surface area contributed by atoms with Crippen molar-refractivity contribution in [2.75, 3.05) is 0 Å². The Morgan fingerprint density at radius 1 is 1.64 bits per heavy atom. The van der Waals surface area contributed by atoms with E-state index in [9.17, 15) is 0 Å². The minimum Gasteiger partial charge on any atom is -0.321 e. The Bertz CT molecular complexity index is 394. The first-order valence-corrected chi connectivity index (χ1v) is 5.15. The largest absolute Gasteiger partial charge is 0.321 e. The molecule has 1 atom stereocenters. The van der Waals surface area contributed by atoms with Crippen molar-refractivity contribution in [3.63, 3.8) is 0 Å². The highest BCUT2D eigenvalue weighted by Gasteiger charge is 2.11. The predicted octanol–water partition coefficient (Wildman–Crippen LogP) is 0.812. The van der Waals surface area contributed by atoms with E-state index in [1.54, 1.807) is 11.3 Å². The van der Waals surface area contributed by atoms with E-state index in [-0.39, 0.29) is 6.04 Å². The number of hydrogen-bond acceptors (Lipinski definition) is 5. The van der Waals surface area contributed by atoms with Crippen molar-refractivity contribution >= 4 is 11.3 Å². The van der Waals surface area contributed by atoms with Gasteiger partial charge in [0, 0.05) is 11.8 Å². The highest BCUT2D eigenvalue weighted by atomic mass is 32.1. The summed E-state index contributed by atoms with van der Waals surface area (Å²) in [6, 6.07) is -0.154. The van der Waals surface area contributed by atoms with Crippen molar-refractivity contribution < 1.29 is 0 Å². The third kappa shape index (κ3) is 1.97. The molecule has 0 amide bonds. The van der Waals surface area contributed by atoms with Crippen LogP contribution in [0.2, 0.25) is 0 Å². The monoisotopic (exact) mass is 209 g/mol. The van der Waals surface area contributed by atoms with Crippen molar-refractivity contribution in [2.24, 2.45) is 5.73 Å². The summed E-state index contributed by atoms with van der Waals surface area (Å²) >= 11 is 1.63. The Kier molecular flexibility index (Phi) is 2.55. The predicted molar refractivity (Wildman–Crippen MR) is 53.9 cm³/mol. The van der Waals surface area contributed by atoms with E-state index in [2.05, 4.69) is 20.2 Å². The molecule has 0 saturated carbocycles. The molecule has 0 spiro atoms. The summed E-state index contributed by atoms with van der Waals surface area (Å²) in [7, 11) is 0. The zero-order chi connectivity index (χ0) is 9.97. The van der Waals surface area contributed by atoms with Crippen LogP contribution in [0.1, 0.15) is 22.6 Å². The van der Waals surface area contributed by atoms with Gasteiger partial charge in [-0.1, -0.05) is 0 Å². The fourth-order valence-corrected chi connectivity index (χ4v) is 1.84. The van der Waals surface area contributed by atoms with Gasteiger partial charge in [-0.05, 0) is 6.92 Å². The van der Waals surface area contributed by atoms with Crippen LogP contribution >= 0.6 is 11.3 Å². The maximum atomic E-state index is 5.91. The molecule has 2 rings (SSSR count). The standard InChI is InChI=1S/C8H11N5S/c1-5-12-6(3-14-5)2-7(9)8-10-4-11-13-8/h3-4,7H,2,9H2,1H3,(H,10,11,13). The van der Waals surface area contributed by atoms with Crippen LogP contribution in [-0.2, 0) is 6.42 Å². The Hall–Kier alpha value is -1.27. The van der Waals surface area contributed by atoms with E-state index in [4.69, 9.17) is 5.73 Å². The van der Waals surface area contributed by atoms with Gasteiger partial charge < -0.3 is 5.73 Å². The van der Waals surface area contributed by atoms with Gasteiger partial charge in [-0.2, -0.15) is 5.10 Å². The van der Waals surface area contributed by atoms with Crippen molar-refractivity contribution in [1.82, 2.24) is 20.2 Å². The van der Waals surface area contributed by atoms with Gasteiger partial charge in [-0.15, -0.1) is 11.3 Å². The van der Waals surface area contributed by atoms with Gasteiger partial charge >= 0.3 is 0 Å². The van der Waals surface area contributed by atoms with Crippen molar-refractivity contribution in [3.05, 3.63) is 28.2 Å². The molecule has 0 saturated heterocycles. The second kappa shape index (κ2) is 3.85. The number of nitrogens with one attached hydrogen (secondary N) is 1. The molecule has 2 aromatic heterocycles. The van der Waals surface area contributed by atoms with Crippen molar-refractivity contribution in [2.45, 2.75) is 19.4 Å². The average Bonchev–Trinajstić information content (AvgIpc) is 2.75. The smallest absolute Gasteiger partial charge is 0.141 e. The Balaban J connectivity index is 2.05. The molecule has 2 heterocycles. The minimum absolute atomic E-state index is 0.154. The van der Waals surface area contributed by atoms with Crippen LogP contribution in [0.25, 0.3) is 0 Å². The van der Waals surface area contributed by atoms with Crippen molar-refractivity contribution in [3.8, 4) is 0 Å². The highest BCUT2D eigenvalue weighted by Crippen LogP contribution is 2.14. The maximum Gasteiger partial charge on any atom is 0.141 e. The summed E-state index contributed by atoms with van der Waals surface area (Å²) in [6.45, 7) is 1.98. The SMILES string of the molecule is Cc1nc(CC(N)c2ncn[nH]2)cs1. The molecule has 0 radical (unpaired) electrons. The second-order valence-electron chi connectivity index (χ2n) is 3.04. The van der Waals surface area contributed by atoms with Crippen LogP contribution in [0, 0.1) is 6.92 Å². The molecule has 0 aliphatic rings. The van der Waals surface area contributed by atoms with Gasteiger partial charge in [0.2, 0.25) is 0 Å². The summed E-state index contributed by atoms with van der Waals surface area (Å²) < 4.78 is 0. The fourth-order valence-electron chi connectivity index (χ4n) is 1.22. The zero-order valence-electron chi connectivity index (χ0n) is 7.77. The number of aromatic nitrogens is 4. The van der Waals surface area contributed by atoms with E-state index < -0.39 is 0 Å². The molecule has 0 aliphatic heterocycles. The number of hydrogen-bond donors (Lipinski definition) is 2. The molecule has 2 aromatic rings. The van der Waals surface area contributed by atoms with Crippen molar-refractivity contribution in [1.29, 1.82) is 0 Å². The number of nitrogens with two attached hydrogens (primary N) is 1. The van der Waals surface area contributed by atoms with Gasteiger partial charge in [0.1, 0.15) is 12.2 Å². The van der Waals surface area contributed by atoms with Gasteiger partial charge in [-0.25, -0.2) is 9.97 Å². The molecule has 3 N–H and O–H groups in total. The number of aromatic amines is 1. The minimum atomic E-state index is -0.154. The summed E-state index contributed by atoms with van der Waals surface area (Å²) in [6.07, 6.45) is 2.15. The molecule has 0 fully saturated rings. The normalized spacial score (nSPS) is 13.0. The first-order chi connectivity index (χ1) is 6.75. The Morgan fingerprint density at radius 3 is 3.07 bits per heavy atom. The molecule has 5 nitrogen and oxygen atoms in total. The number of aryl methyl sites for hydroxylation is 1. The molecular formula is C8H11N5S. The maximum absolute atomic E-state index is 5.91. The molecule has 1 unspecified atom stereocenters. The zero-order valence-corrected chi connectivity index (χ0v) is 8.58. The lowest BCUT2D eigenvalue weighted by Gasteiger charge is -2.04. The van der Waals surface area contributed by atoms with Crippen LogP contribution in [0.4, 0.5) is 0 Å². The summed E-state index contributed by atoms with van der Waals surface area (Å²) in [5.41, 5.74) is 6.92. The van der Waals surface area contributed by atoms with Gasteiger partial charge in [0.05, 0.1) is 16.7 Å². The first kappa shape index (κ1) is 9.29. The van der Waals surface area contributed by atoms with Crippen LogP contribution < -0.4 is 5.73 Å². The van der Waals surface area contributed by atoms with Gasteiger partial charge in [0.15, 0.2) is 0 Å². The molecule has 6 heteroatoms. The van der Waals surface area contributed by atoms with Crippen LogP contribution in [0.15, 0.2) is 11.7 Å².